The summed E-state index contributed by atoms with van der Waals surface area (Å²) in [6.45, 7) is 10.4. The lowest BCUT2D eigenvalue weighted by molar-refractivity contribution is -0.169. The minimum absolute atomic E-state index is 0.0380. The van der Waals surface area contributed by atoms with Crippen LogP contribution in [0, 0.1) is 13.8 Å². The fourth-order valence-corrected chi connectivity index (χ4v) is 8.30. The van der Waals surface area contributed by atoms with E-state index in [-0.39, 0.29) is 24.2 Å². The van der Waals surface area contributed by atoms with Gasteiger partial charge < -0.3 is 28.3 Å². The van der Waals surface area contributed by atoms with Crippen molar-refractivity contribution in [2.75, 3.05) is 75.2 Å². The molecule has 18 heteroatoms. The second-order valence-corrected chi connectivity index (χ2v) is 15.9. The van der Waals surface area contributed by atoms with Crippen molar-refractivity contribution in [3.05, 3.63) is 151 Å². The molecule has 4 aromatic heterocycles. The van der Waals surface area contributed by atoms with Crippen molar-refractivity contribution >= 4 is 23.3 Å². The Labute approximate surface area is 367 Å². The van der Waals surface area contributed by atoms with Crippen molar-refractivity contribution in [1.82, 2.24) is 28.4 Å². The highest BCUT2D eigenvalue weighted by Gasteiger charge is 2.26. The highest BCUT2D eigenvalue weighted by atomic mass is 16.7. The van der Waals surface area contributed by atoms with E-state index in [1.807, 2.05) is 60.7 Å². The van der Waals surface area contributed by atoms with Gasteiger partial charge in [-0.25, -0.2) is 19.2 Å². The lowest BCUT2D eigenvalue weighted by Gasteiger charge is -2.36. The summed E-state index contributed by atoms with van der Waals surface area (Å²) < 4.78 is 14.2. The molecule has 0 spiro atoms. The number of aromatic nitrogens is 4. The third kappa shape index (κ3) is 9.57. The summed E-state index contributed by atoms with van der Waals surface area (Å²) in [7, 11) is 0. The maximum atomic E-state index is 13.4. The van der Waals surface area contributed by atoms with Gasteiger partial charge in [0.05, 0.1) is 24.9 Å². The molecule has 0 aliphatic carbocycles. The van der Waals surface area contributed by atoms with Crippen LogP contribution in [0.5, 0.6) is 0 Å². The zero-order valence-electron chi connectivity index (χ0n) is 35.8. The average molecular weight is 875 g/mol. The number of hydrogen-bond donors (Lipinski definition) is 0. The van der Waals surface area contributed by atoms with E-state index >= 15 is 0 Å². The number of rotatable bonds is 14. The molecule has 8 rings (SSSR count). The summed E-state index contributed by atoms with van der Waals surface area (Å²) in [5.74, 6) is -1.63. The highest BCUT2D eigenvalue weighted by molar-refractivity contribution is 6.29. The second kappa shape index (κ2) is 19.5. The second-order valence-electron chi connectivity index (χ2n) is 15.9. The first-order valence-corrected chi connectivity index (χ1v) is 21.4. The van der Waals surface area contributed by atoms with Gasteiger partial charge in [-0.05, 0) is 88.3 Å². The molecule has 64 heavy (non-hydrogen) atoms. The van der Waals surface area contributed by atoms with Gasteiger partial charge in [-0.15, -0.1) is 9.46 Å². The maximum absolute atomic E-state index is 13.4. The van der Waals surface area contributed by atoms with Crippen LogP contribution in [0.3, 0.4) is 0 Å². The fraction of sp³-hybridized carbons (Fsp3) is 0.348. The number of anilines is 2. The summed E-state index contributed by atoms with van der Waals surface area (Å²) in [4.78, 5) is 98.0. The molecule has 0 unspecified atom stereocenters. The number of carbonyl (C=O) groups excluding carboxylic acids is 2. The summed E-state index contributed by atoms with van der Waals surface area (Å²) in [6.07, 6.45) is 6.25. The smallest absolute Gasteiger partial charge is 0.444 e. The van der Waals surface area contributed by atoms with Gasteiger partial charge in [0, 0.05) is 99.1 Å². The number of nitrogens with zero attached hydrogens (tertiary/aromatic N) is 8. The molecule has 2 aromatic carbocycles. The van der Waals surface area contributed by atoms with E-state index in [0.717, 1.165) is 108 Å². The first-order chi connectivity index (χ1) is 31.0. The number of furan rings is 2. The van der Waals surface area contributed by atoms with Crippen LogP contribution in [-0.2, 0) is 22.7 Å². The van der Waals surface area contributed by atoms with Crippen LogP contribution in [0.15, 0.2) is 126 Å². The average Bonchev–Trinajstić information content (AvgIpc) is 4.07. The molecule has 2 fully saturated rings. The van der Waals surface area contributed by atoms with Gasteiger partial charge in [-0.3, -0.25) is 28.5 Å². The number of hydrogen-bond acceptors (Lipinski definition) is 14. The molecule has 6 heterocycles. The number of aryl methyl sites for hydroxylation is 2. The Hall–Kier alpha value is -7.18. The Morgan fingerprint density at radius 3 is 1.28 bits per heavy atom. The maximum Gasteiger partial charge on any atom is 0.444 e. The quantitative estimate of drug-likeness (QED) is 0.146. The van der Waals surface area contributed by atoms with Gasteiger partial charge in [0.25, 0.3) is 11.1 Å². The molecule has 2 aliphatic rings. The first-order valence-electron chi connectivity index (χ1n) is 21.4. The third-order valence-electron chi connectivity index (χ3n) is 11.7. The molecule has 0 bridgehead atoms. The van der Waals surface area contributed by atoms with Crippen LogP contribution in [0.1, 0.15) is 24.0 Å². The van der Waals surface area contributed by atoms with Gasteiger partial charge in [0.15, 0.2) is 0 Å². The lowest BCUT2D eigenvalue weighted by Crippen LogP contribution is -2.49. The van der Waals surface area contributed by atoms with E-state index in [2.05, 4.69) is 31.7 Å². The van der Waals surface area contributed by atoms with Crippen LogP contribution >= 0.6 is 0 Å². The molecular formula is C46H50N8O10. The number of carbonyl (C=O) groups is 2. The van der Waals surface area contributed by atoms with Crippen LogP contribution in [0.4, 0.5) is 11.4 Å². The van der Waals surface area contributed by atoms with Crippen molar-refractivity contribution in [3.63, 3.8) is 0 Å². The van der Waals surface area contributed by atoms with Crippen LogP contribution in [0.2, 0.25) is 0 Å². The SMILES string of the molecule is Cc1cn(OC(=O)C(=O)On2cc(C)c(=O)n(CCCN3CCN(c4ccccc4-c4ccco4)CC3)c2=O)c(=O)n(CCCN2CCN(c3ccccc3-c3ccco3)CC2)c1=O. The third-order valence-corrected chi connectivity index (χ3v) is 11.7. The van der Waals surface area contributed by atoms with E-state index < -0.39 is 34.4 Å². The standard InChI is InChI=1S/C46H50N8O10/c1-33-31-53(45(59)51(41(33)55)19-9-17-47-21-25-49(26-22-47)37-13-5-3-11-35(37)39-15-7-29-61-39)63-43(57)44(58)64-54-32-34(2)42(56)52(46(54)60)20-10-18-48-23-27-50(28-24-48)38-14-6-4-12-36(38)40-16-8-30-62-40/h3-8,11-16,29-32H,9-10,17-28H2,1-2H3. The van der Waals surface area contributed by atoms with Crippen LogP contribution in [0.25, 0.3) is 22.6 Å². The van der Waals surface area contributed by atoms with Crippen molar-refractivity contribution in [3.8, 4) is 22.6 Å². The minimum atomic E-state index is -1.62. The summed E-state index contributed by atoms with van der Waals surface area (Å²) >= 11 is 0. The van der Waals surface area contributed by atoms with E-state index in [9.17, 15) is 28.8 Å². The van der Waals surface area contributed by atoms with E-state index in [0.29, 0.717) is 35.4 Å². The molecule has 6 aromatic rings. The zero-order valence-corrected chi connectivity index (χ0v) is 35.8. The van der Waals surface area contributed by atoms with Gasteiger partial charge >= 0.3 is 23.3 Å². The van der Waals surface area contributed by atoms with E-state index in [1.54, 1.807) is 12.5 Å². The topological polar surface area (TPSA) is 180 Å². The fourth-order valence-electron chi connectivity index (χ4n) is 8.30. The molecule has 0 saturated carbocycles. The van der Waals surface area contributed by atoms with Crippen molar-refractivity contribution in [2.45, 2.75) is 39.8 Å². The Kier molecular flexibility index (Phi) is 13.2. The predicted molar refractivity (Wildman–Crippen MR) is 237 cm³/mol. The molecule has 0 amide bonds. The summed E-state index contributed by atoms with van der Waals surface area (Å²) in [5, 5.41) is 0. The molecule has 0 radical (unpaired) electrons. The minimum Gasteiger partial charge on any atom is -0.464 e. The van der Waals surface area contributed by atoms with E-state index in [4.69, 9.17) is 18.5 Å². The summed E-state index contributed by atoms with van der Waals surface area (Å²) in [5.41, 5.74) is 1.38. The number of benzene rings is 2. The van der Waals surface area contributed by atoms with Gasteiger partial charge in [-0.1, -0.05) is 24.3 Å². The summed E-state index contributed by atoms with van der Waals surface area (Å²) in [6, 6.07) is 23.8. The predicted octanol–water partition coefficient (Wildman–Crippen LogP) is 2.51. The van der Waals surface area contributed by atoms with Crippen LogP contribution in [-0.4, -0.2) is 106 Å². The van der Waals surface area contributed by atoms with Gasteiger partial charge in [-0.2, -0.15) is 0 Å². The largest absolute Gasteiger partial charge is 0.464 e. The number of piperazine rings is 2. The van der Waals surface area contributed by atoms with E-state index in [1.165, 1.54) is 13.8 Å². The molecule has 2 aliphatic heterocycles. The molecule has 334 valence electrons. The molecular weight excluding hydrogens is 825 g/mol. The normalized spacial score (nSPS) is 14.8. The Morgan fingerprint density at radius 1 is 0.516 bits per heavy atom. The number of para-hydroxylation sites is 2. The molecule has 18 nitrogen and oxygen atoms in total. The van der Waals surface area contributed by atoms with Crippen molar-refractivity contribution < 1.29 is 28.1 Å². The molecule has 2 saturated heterocycles. The molecule has 0 atom stereocenters. The van der Waals surface area contributed by atoms with Crippen molar-refractivity contribution in [1.29, 1.82) is 0 Å². The van der Waals surface area contributed by atoms with Gasteiger partial charge in [0.2, 0.25) is 0 Å². The zero-order chi connectivity index (χ0) is 44.7. The van der Waals surface area contributed by atoms with Gasteiger partial charge in [0.1, 0.15) is 11.5 Å². The van der Waals surface area contributed by atoms with Crippen LogP contribution < -0.4 is 42.0 Å². The Bertz CT molecular complexity index is 2630. The Morgan fingerprint density at radius 2 is 0.906 bits per heavy atom. The monoisotopic (exact) mass is 874 g/mol. The highest BCUT2D eigenvalue weighted by Crippen LogP contribution is 2.33. The lowest BCUT2D eigenvalue weighted by atomic mass is 10.1. The molecule has 0 N–H and O–H groups in total. The van der Waals surface area contributed by atoms with Crippen molar-refractivity contribution in [2.24, 2.45) is 0 Å². The Balaban J connectivity index is 0.828. The first kappa shape index (κ1) is 43.5.